The minimum absolute atomic E-state index is 0.0902. The van der Waals surface area contributed by atoms with Crippen molar-refractivity contribution >= 4 is 29.2 Å². The van der Waals surface area contributed by atoms with Crippen LogP contribution in [0.1, 0.15) is 23.2 Å². The van der Waals surface area contributed by atoms with Crippen LogP contribution >= 0.6 is 0 Å². The number of esters is 1. The molecular weight excluding hydrogens is 320 g/mol. The number of para-hydroxylation sites is 2. The summed E-state index contributed by atoms with van der Waals surface area (Å²) in [5.74, 6) is -0.947. The van der Waals surface area contributed by atoms with Crippen molar-refractivity contribution in [3.05, 3.63) is 60.2 Å². The second kappa shape index (κ2) is 7.17. The highest BCUT2D eigenvalue weighted by Crippen LogP contribution is 2.27. The van der Waals surface area contributed by atoms with E-state index in [-0.39, 0.29) is 17.4 Å². The Kier molecular flexibility index (Phi) is 4.79. The van der Waals surface area contributed by atoms with E-state index in [1.54, 1.807) is 36.4 Å². The summed E-state index contributed by atoms with van der Waals surface area (Å²) in [6.45, 7) is 0. The van der Waals surface area contributed by atoms with Gasteiger partial charge in [-0.3, -0.25) is 14.5 Å². The molecule has 1 fully saturated rings. The quantitative estimate of drug-likeness (QED) is 0.870. The van der Waals surface area contributed by atoms with Gasteiger partial charge in [0.15, 0.2) is 0 Å². The van der Waals surface area contributed by atoms with Gasteiger partial charge in [0.2, 0.25) is 11.8 Å². The molecule has 128 valence electrons. The summed E-state index contributed by atoms with van der Waals surface area (Å²) >= 11 is 0. The lowest BCUT2D eigenvalue weighted by atomic mass is 10.1. The van der Waals surface area contributed by atoms with Gasteiger partial charge in [0.25, 0.3) is 0 Å². The van der Waals surface area contributed by atoms with Gasteiger partial charge >= 0.3 is 5.97 Å². The maximum atomic E-state index is 12.8. The molecule has 1 saturated heterocycles. The highest BCUT2D eigenvalue weighted by atomic mass is 16.5. The molecule has 2 amide bonds. The maximum Gasteiger partial charge on any atom is 0.339 e. The number of nitrogens with zero attached hydrogens (tertiary/aromatic N) is 1. The second-order valence-corrected chi connectivity index (χ2v) is 5.68. The lowest BCUT2D eigenvalue weighted by Crippen LogP contribution is -2.42. The summed E-state index contributed by atoms with van der Waals surface area (Å²) < 4.78 is 4.74. The topological polar surface area (TPSA) is 75.7 Å². The fourth-order valence-electron chi connectivity index (χ4n) is 2.94. The van der Waals surface area contributed by atoms with Crippen LogP contribution in [0.2, 0.25) is 0 Å². The van der Waals surface area contributed by atoms with Gasteiger partial charge in [-0.2, -0.15) is 0 Å². The number of carbonyl (C=O) groups excluding carboxylic acids is 3. The van der Waals surface area contributed by atoms with Gasteiger partial charge in [0.1, 0.15) is 6.04 Å². The van der Waals surface area contributed by atoms with Gasteiger partial charge in [0.05, 0.1) is 18.4 Å². The molecule has 0 saturated carbocycles. The zero-order valence-electron chi connectivity index (χ0n) is 13.8. The van der Waals surface area contributed by atoms with Crippen LogP contribution in [0, 0.1) is 0 Å². The minimum Gasteiger partial charge on any atom is -0.465 e. The molecule has 6 nitrogen and oxygen atoms in total. The van der Waals surface area contributed by atoms with Crippen LogP contribution < -0.4 is 10.2 Å². The Morgan fingerprint density at radius 2 is 1.76 bits per heavy atom. The standard InChI is InChI=1S/C19H18N2O4/c1-25-19(24)14-9-5-6-10-15(14)20-18(23)16-11-12-17(22)21(16)13-7-3-2-4-8-13/h2-10,16H,11-12H2,1H3,(H,20,23). The van der Waals surface area contributed by atoms with Gasteiger partial charge < -0.3 is 10.1 Å². The van der Waals surface area contributed by atoms with E-state index >= 15 is 0 Å². The molecule has 0 aromatic heterocycles. The Labute approximate surface area is 145 Å². The molecule has 1 N–H and O–H groups in total. The number of benzene rings is 2. The van der Waals surface area contributed by atoms with Crippen molar-refractivity contribution in [1.82, 2.24) is 0 Å². The molecule has 3 rings (SSSR count). The van der Waals surface area contributed by atoms with E-state index in [9.17, 15) is 14.4 Å². The molecule has 0 spiro atoms. The van der Waals surface area contributed by atoms with E-state index < -0.39 is 12.0 Å². The van der Waals surface area contributed by atoms with E-state index in [1.807, 2.05) is 18.2 Å². The Bertz CT molecular complexity index is 804. The van der Waals surface area contributed by atoms with Crippen molar-refractivity contribution in [3.63, 3.8) is 0 Å². The van der Waals surface area contributed by atoms with Crippen molar-refractivity contribution in [2.24, 2.45) is 0 Å². The summed E-state index contributed by atoms with van der Waals surface area (Å²) in [7, 11) is 1.29. The fraction of sp³-hybridized carbons (Fsp3) is 0.211. The number of hydrogen-bond donors (Lipinski definition) is 1. The van der Waals surface area contributed by atoms with Crippen LogP contribution in [0.25, 0.3) is 0 Å². The number of amides is 2. The monoisotopic (exact) mass is 338 g/mol. The summed E-state index contributed by atoms with van der Waals surface area (Å²) in [5, 5.41) is 2.75. The average Bonchev–Trinajstić information content (AvgIpc) is 3.04. The first-order chi connectivity index (χ1) is 12.1. The third-order valence-electron chi connectivity index (χ3n) is 4.14. The SMILES string of the molecule is COC(=O)c1ccccc1NC(=O)C1CCC(=O)N1c1ccccc1. The molecular formula is C19H18N2O4. The van der Waals surface area contributed by atoms with E-state index in [0.717, 1.165) is 0 Å². The predicted molar refractivity (Wildman–Crippen MR) is 93.4 cm³/mol. The van der Waals surface area contributed by atoms with Gasteiger partial charge in [0, 0.05) is 12.1 Å². The molecule has 1 unspecified atom stereocenters. The first-order valence-corrected chi connectivity index (χ1v) is 7.97. The van der Waals surface area contributed by atoms with Crippen LogP contribution in [0.5, 0.6) is 0 Å². The lowest BCUT2D eigenvalue weighted by molar-refractivity contribution is -0.120. The molecule has 2 aromatic carbocycles. The number of methoxy groups -OCH3 is 1. The van der Waals surface area contributed by atoms with E-state index in [1.165, 1.54) is 12.0 Å². The normalized spacial score (nSPS) is 16.6. The lowest BCUT2D eigenvalue weighted by Gasteiger charge is -2.24. The Hall–Kier alpha value is -3.15. The highest BCUT2D eigenvalue weighted by molar-refractivity contribution is 6.09. The minimum atomic E-state index is -0.611. The van der Waals surface area contributed by atoms with Crippen molar-refractivity contribution in [1.29, 1.82) is 0 Å². The Morgan fingerprint density at radius 1 is 1.08 bits per heavy atom. The van der Waals surface area contributed by atoms with E-state index in [2.05, 4.69) is 5.32 Å². The zero-order chi connectivity index (χ0) is 17.8. The summed E-state index contributed by atoms with van der Waals surface area (Å²) in [6.07, 6.45) is 0.742. The third-order valence-corrected chi connectivity index (χ3v) is 4.14. The van der Waals surface area contributed by atoms with Crippen molar-refractivity contribution in [3.8, 4) is 0 Å². The van der Waals surface area contributed by atoms with Gasteiger partial charge in [-0.1, -0.05) is 30.3 Å². The molecule has 2 aromatic rings. The van der Waals surface area contributed by atoms with E-state index in [0.29, 0.717) is 24.2 Å². The number of rotatable bonds is 4. The van der Waals surface area contributed by atoms with Gasteiger partial charge in [-0.15, -0.1) is 0 Å². The molecule has 1 aliphatic heterocycles. The Morgan fingerprint density at radius 3 is 2.48 bits per heavy atom. The molecule has 1 atom stereocenters. The third kappa shape index (κ3) is 3.38. The van der Waals surface area contributed by atoms with Crippen molar-refractivity contribution in [2.45, 2.75) is 18.9 Å². The summed E-state index contributed by atoms with van der Waals surface area (Å²) in [6, 6.07) is 15.1. The van der Waals surface area contributed by atoms with Crippen LogP contribution in [0.4, 0.5) is 11.4 Å². The number of anilines is 2. The molecule has 1 aliphatic rings. The molecule has 0 aliphatic carbocycles. The van der Waals surface area contributed by atoms with Crippen LogP contribution in [0.3, 0.4) is 0 Å². The van der Waals surface area contributed by atoms with Crippen molar-refractivity contribution in [2.75, 3.05) is 17.3 Å². The van der Waals surface area contributed by atoms with Gasteiger partial charge in [-0.05, 0) is 30.7 Å². The first-order valence-electron chi connectivity index (χ1n) is 7.97. The molecule has 0 radical (unpaired) electrons. The van der Waals surface area contributed by atoms with E-state index in [4.69, 9.17) is 4.74 Å². The molecule has 1 heterocycles. The smallest absolute Gasteiger partial charge is 0.339 e. The van der Waals surface area contributed by atoms with Crippen molar-refractivity contribution < 1.29 is 19.1 Å². The molecule has 0 bridgehead atoms. The van der Waals surface area contributed by atoms with Crippen LogP contribution in [-0.2, 0) is 14.3 Å². The summed E-state index contributed by atoms with van der Waals surface area (Å²) in [4.78, 5) is 38.3. The Balaban J connectivity index is 1.84. The first kappa shape index (κ1) is 16.7. The largest absolute Gasteiger partial charge is 0.465 e. The molecule has 6 heteroatoms. The predicted octanol–water partition coefficient (Wildman–Crippen LogP) is 2.61. The van der Waals surface area contributed by atoms with Gasteiger partial charge in [-0.25, -0.2) is 4.79 Å². The molecule has 25 heavy (non-hydrogen) atoms. The number of hydrogen-bond acceptors (Lipinski definition) is 4. The number of carbonyl (C=O) groups is 3. The highest BCUT2D eigenvalue weighted by Gasteiger charge is 2.37. The van der Waals surface area contributed by atoms with Crippen LogP contribution in [-0.4, -0.2) is 30.9 Å². The number of nitrogens with one attached hydrogen (secondary N) is 1. The maximum absolute atomic E-state index is 12.8. The summed E-state index contributed by atoms with van der Waals surface area (Å²) in [5.41, 5.74) is 1.33. The zero-order valence-corrected chi connectivity index (χ0v) is 13.8. The average molecular weight is 338 g/mol. The second-order valence-electron chi connectivity index (χ2n) is 5.68. The number of ether oxygens (including phenoxy) is 1. The fourth-order valence-corrected chi connectivity index (χ4v) is 2.94. The van der Waals surface area contributed by atoms with Crippen LogP contribution in [0.15, 0.2) is 54.6 Å².